The van der Waals surface area contributed by atoms with Crippen molar-refractivity contribution < 1.29 is 24.5 Å². The Morgan fingerprint density at radius 1 is 1.06 bits per heavy atom. The molecule has 0 fully saturated rings. The van der Waals surface area contributed by atoms with Crippen molar-refractivity contribution >= 4 is 5.97 Å². The van der Waals surface area contributed by atoms with Gasteiger partial charge in [0.25, 0.3) is 0 Å². The smallest absolute Gasteiger partial charge is 0.309 e. The Morgan fingerprint density at radius 2 is 1.71 bits per heavy atom. The lowest BCUT2D eigenvalue weighted by Gasteiger charge is -2.25. The zero-order chi connectivity index (χ0) is 24.7. The van der Waals surface area contributed by atoms with E-state index < -0.39 is 12.1 Å². The summed E-state index contributed by atoms with van der Waals surface area (Å²) in [5, 5.41) is 25.3. The molecule has 0 bridgehead atoms. The van der Waals surface area contributed by atoms with Gasteiger partial charge in [-0.05, 0) is 62.4 Å². The van der Waals surface area contributed by atoms with Crippen LogP contribution in [-0.2, 0) is 24.2 Å². The molecule has 0 amide bonds. The molecule has 3 rings (SSSR count). The van der Waals surface area contributed by atoms with Gasteiger partial charge in [-0.1, -0.05) is 30.3 Å². The number of ether oxygens (including phenoxy) is 2. The van der Waals surface area contributed by atoms with E-state index in [4.69, 9.17) is 9.47 Å². The van der Waals surface area contributed by atoms with Gasteiger partial charge in [0.1, 0.15) is 11.5 Å². The SMILES string of the molecule is COc1cc([C@@H](O)[C@@H](CCCc2ccccc2)Cn2nc(C)cc2CC(=O)O)cc(OC)c1C. The number of carbonyl (C=O) groups is 1. The van der Waals surface area contributed by atoms with Crippen LogP contribution in [0.15, 0.2) is 48.5 Å². The second kappa shape index (κ2) is 11.7. The summed E-state index contributed by atoms with van der Waals surface area (Å²) in [6.45, 7) is 4.17. The minimum absolute atomic E-state index is 0.111. The number of hydrogen-bond donors (Lipinski definition) is 2. The lowest BCUT2D eigenvalue weighted by molar-refractivity contribution is -0.136. The molecule has 0 aliphatic heterocycles. The lowest BCUT2D eigenvalue weighted by Crippen LogP contribution is -2.22. The molecule has 7 heteroatoms. The standard InChI is InChI=1S/C27H34N2O5/c1-18-13-23(16-26(30)31)29(28-18)17-21(12-8-11-20-9-6-5-7-10-20)27(32)22-14-24(33-3)19(2)25(15-22)34-4/h5-7,9-10,13-15,21,27,32H,8,11-12,16-17H2,1-4H3,(H,30,31)/t21-,27-/m0/s1. The fourth-order valence-electron chi connectivity index (χ4n) is 4.39. The quantitative estimate of drug-likeness (QED) is 0.408. The fourth-order valence-corrected chi connectivity index (χ4v) is 4.39. The highest BCUT2D eigenvalue weighted by atomic mass is 16.5. The van der Waals surface area contributed by atoms with E-state index in [-0.39, 0.29) is 12.3 Å². The molecule has 1 heterocycles. The van der Waals surface area contributed by atoms with Crippen LogP contribution in [0.5, 0.6) is 11.5 Å². The molecule has 3 aromatic rings. The van der Waals surface area contributed by atoms with Gasteiger partial charge in [0.05, 0.1) is 32.4 Å². The first-order valence-electron chi connectivity index (χ1n) is 11.5. The number of nitrogens with zero attached hydrogens (tertiary/aromatic N) is 2. The number of hydrogen-bond acceptors (Lipinski definition) is 5. The van der Waals surface area contributed by atoms with Gasteiger partial charge >= 0.3 is 5.97 Å². The van der Waals surface area contributed by atoms with Crippen LogP contribution in [0.2, 0.25) is 0 Å². The summed E-state index contributed by atoms with van der Waals surface area (Å²) in [5.74, 6) is 0.207. The van der Waals surface area contributed by atoms with Crippen LogP contribution in [0.4, 0.5) is 0 Å². The molecule has 1 aromatic heterocycles. The molecule has 0 aliphatic carbocycles. The molecule has 0 radical (unpaired) electrons. The molecule has 0 spiro atoms. The number of aliphatic carboxylic acids is 1. The van der Waals surface area contributed by atoms with Crippen molar-refractivity contribution in [2.75, 3.05) is 14.2 Å². The number of aliphatic hydroxyl groups excluding tert-OH is 1. The van der Waals surface area contributed by atoms with Gasteiger partial charge in [0.15, 0.2) is 0 Å². The van der Waals surface area contributed by atoms with Gasteiger partial charge < -0.3 is 19.7 Å². The molecule has 0 saturated carbocycles. The van der Waals surface area contributed by atoms with E-state index >= 15 is 0 Å². The first kappa shape index (κ1) is 25.3. The molecule has 34 heavy (non-hydrogen) atoms. The minimum atomic E-state index is -0.907. The van der Waals surface area contributed by atoms with Crippen LogP contribution in [0.25, 0.3) is 0 Å². The summed E-state index contributed by atoms with van der Waals surface area (Å²) < 4.78 is 12.7. The van der Waals surface area contributed by atoms with Crippen molar-refractivity contribution in [2.45, 2.75) is 52.2 Å². The summed E-state index contributed by atoms with van der Waals surface area (Å²) in [7, 11) is 3.19. The van der Waals surface area contributed by atoms with Crippen LogP contribution in [0.3, 0.4) is 0 Å². The van der Waals surface area contributed by atoms with Crippen molar-refractivity contribution in [2.24, 2.45) is 5.92 Å². The maximum atomic E-state index is 11.5. The summed E-state index contributed by atoms with van der Waals surface area (Å²) >= 11 is 0. The van der Waals surface area contributed by atoms with Crippen LogP contribution < -0.4 is 9.47 Å². The van der Waals surface area contributed by atoms with E-state index in [1.54, 1.807) is 25.0 Å². The fraction of sp³-hybridized carbons (Fsp3) is 0.407. The third kappa shape index (κ3) is 6.38. The third-order valence-corrected chi connectivity index (χ3v) is 6.17. The molecule has 2 N–H and O–H groups in total. The summed E-state index contributed by atoms with van der Waals surface area (Å²) in [6, 6.07) is 15.7. The van der Waals surface area contributed by atoms with Gasteiger partial charge in [0, 0.05) is 23.7 Å². The molecule has 7 nitrogen and oxygen atoms in total. The predicted molar refractivity (Wildman–Crippen MR) is 130 cm³/mol. The molecule has 2 aromatic carbocycles. The van der Waals surface area contributed by atoms with Gasteiger partial charge in [0.2, 0.25) is 0 Å². The average molecular weight is 467 g/mol. The van der Waals surface area contributed by atoms with Crippen molar-refractivity contribution in [3.8, 4) is 11.5 Å². The average Bonchev–Trinajstić information content (AvgIpc) is 3.16. The van der Waals surface area contributed by atoms with E-state index in [2.05, 4.69) is 17.2 Å². The van der Waals surface area contributed by atoms with Crippen molar-refractivity contribution in [1.29, 1.82) is 0 Å². The highest BCUT2D eigenvalue weighted by Gasteiger charge is 2.25. The number of carboxylic acids is 1. The maximum Gasteiger partial charge on any atom is 0.309 e. The van der Waals surface area contributed by atoms with Crippen LogP contribution >= 0.6 is 0 Å². The summed E-state index contributed by atoms with van der Waals surface area (Å²) in [4.78, 5) is 11.4. The number of aliphatic hydroxyl groups is 1. The highest BCUT2D eigenvalue weighted by molar-refractivity contribution is 5.69. The first-order chi connectivity index (χ1) is 16.3. The molecular formula is C27H34N2O5. The van der Waals surface area contributed by atoms with E-state index in [1.807, 2.05) is 44.2 Å². The number of rotatable bonds is 12. The Balaban J connectivity index is 1.89. The van der Waals surface area contributed by atoms with E-state index in [0.29, 0.717) is 29.3 Å². The number of methoxy groups -OCH3 is 2. The first-order valence-corrected chi connectivity index (χ1v) is 11.5. The van der Waals surface area contributed by atoms with Crippen molar-refractivity contribution in [3.63, 3.8) is 0 Å². The lowest BCUT2D eigenvalue weighted by atomic mass is 9.89. The zero-order valence-electron chi connectivity index (χ0n) is 20.3. The van der Waals surface area contributed by atoms with Crippen molar-refractivity contribution in [1.82, 2.24) is 9.78 Å². The zero-order valence-corrected chi connectivity index (χ0v) is 20.3. The second-order valence-corrected chi connectivity index (χ2v) is 8.66. The molecule has 2 atom stereocenters. The van der Waals surface area contributed by atoms with Crippen LogP contribution in [-0.4, -0.2) is 40.2 Å². The van der Waals surface area contributed by atoms with E-state index in [9.17, 15) is 15.0 Å². The highest BCUT2D eigenvalue weighted by Crippen LogP contribution is 2.36. The van der Waals surface area contributed by atoms with Gasteiger partial charge in [-0.2, -0.15) is 5.10 Å². The summed E-state index contributed by atoms with van der Waals surface area (Å²) in [6.07, 6.45) is 1.59. The number of carboxylic acid groups (broad SMARTS) is 1. The monoisotopic (exact) mass is 466 g/mol. The maximum absolute atomic E-state index is 11.5. The van der Waals surface area contributed by atoms with Crippen LogP contribution in [0.1, 0.15) is 47.0 Å². The normalized spacial score (nSPS) is 12.9. The summed E-state index contributed by atoms with van der Waals surface area (Å²) in [5.41, 5.74) is 4.20. The van der Waals surface area contributed by atoms with Gasteiger partial charge in [-0.15, -0.1) is 0 Å². The number of aromatic nitrogens is 2. The van der Waals surface area contributed by atoms with Crippen LogP contribution in [0, 0.1) is 19.8 Å². The Morgan fingerprint density at radius 3 is 2.29 bits per heavy atom. The van der Waals surface area contributed by atoms with E-state index in [0.717, 1.165) is 30.5 Å². The van der Waals surface area contributed by atoms with Crippen molar-refractivity contribution in [3.05, 3.63) is 76.6 Å². The number of benzene rings is 2. The molecule has 0 saturated heterocycles. The minimum Gasteiger partial charge on any atom is -0.496 e. The molecular weight excluding hydrogens is 432 g/mol. The van der Waals surface area contributed by atoms with E-state index in [1.165, 1.54) is 5.56 Å². The predicted octanol–water partition coefficient (Wildman–Crippen LogP) is 4.52. The third-order valence-electron chi connectivity index (χ3n) is 6.17. The van der Waals surface area contributed by atoms with Gasteiger partial charge in [-0.25, -0.2) is 0 Å². The Labute approximate surface area is 201 Å². The topological polar surface area (TPSA) is 93.8 Å². The molecule has 0 aliphatic rings. The number of aryl methyl sites for hydroxylation is 2. The Kier molecular flexibility index (Phi) is 8.71. The Bertz CT molecular complexity index is 1070. The largest absolute Gasteiger partial charge is 0.496 e. The second-order valence-electron chi connectivity index (χ2n) is 8.66. The molecule has 182 valence electrons. The van der Waals surface area contributed by atoms with Gasteiger partial charge in [-0.3, -0.25) is 9.48 Å². The Hall–Kier alpha value is -3.32. The molecule has 0 unspecified atom stereocenters.